The molecule has 2 N–H and O–H groups in total. The summed E-state index contributed by atoms with van der Waals surface area (Å²) >= 11 is 0. The predicted molar refractivity (Wildman–Crippen MR) is 128 cm³/mol. The summed E-state index contributed by atoms with van der Waals surface area (Å²) in [5.74, 6) is 0.648. The van der Waals surface area contributed by atoms with E-state index < -0.39 is 23.7 Å². The van der Waals surface area contributed by atoms with Gasteiger partial charge in [-0.1, -0.05) is 12.1 Å². The molecule has 1 aliphatic rings. The lowest BCUT2D eigenvalue weighted by Gasteiger charge is -2.28. The predicted octanol–water partition coefficient (Wildman–Crippen LogP) is 3.88. The van der Waals surface area contributed by atoms with Gasteiger partial charge in [0.25, 0.3) is 0 Å². The van der Waals surface area contributed by atoms with Crippen molar-refractivity contribution in [1.29, 1.82) is 0 Å². The number of carbonyl (C=O) groups is 3. The minimum absolute atomic E-state index is 0.0659. The fraction of sp³-hybridized carbons (Fsp3) is 0.400. The van der Waals surface area contributed by atoms with E-state index >= 15 is 0 Å². The molecule has 1 atom stereocenters. The SMILES string of the molecule is COc1cc2c(c(OC)c1OC)C(=O)CC(c1cccc(NC(=O)CNC(=O)OC(C)(C)C)c1)O2. The first-order valence-electron chi connectivity index (χ1n) is 11.0. The second kappa shape index (κ2) is 10.5. The van der Waals surface area contributed by atoms with Crippen molar-refractivity contribution in [3.05, 3.63) is 41.5 Å². The zero-order chi connectivity index (χ0) is 25.8. The summed E-state index contributed by atoms with van der Waals surface area (Å²) in [7, 11) is 4.39. The summed E-state index contributed by atoms with van der Waals surface area (Å²) in [6.45, 7) is 4.94. The van der Waals surface area contributed by atoms with Gasteiger partial charge in [0, 0.05) is 11.8 Å². The van der Waals surface area contributed by atoms with Crippen LogP contribution in [-0.4, -0.2) is 51.3 Å². The first kappa shape index (κ1) is 25.7. The van der Waals surface area contributed by atoms with Crippen molar-refractivity contribution in [2.75, 3.05) is 33.2 Å². The third-order valence-electron chi connectivity index (χ3n) is 5.05. The molecule has 0 fully saturated rings. The number of amides is 2. The molecule has 2 amide bonds. The Morgan fingerprint density at radius 3 is 2.40 bits per heavy atom. The van der Waals surface area contributed by atoms with Gasteiger partial charge in [-0.15, -0.1) is 0 Å². The number of hydrogen-bond donors (Lipinski definition) is 2. The molecule has 10 nitrogen and oxygen atoms in total. The molecule has 0 aliphatic carbocycles. The molecule has 35 heavy (non-hydrogen) atoms. The van der Waals surface area contributed by atoms with Crippen molar-refractivity contribution in [2.45, 2.75) is 38.9 Å². The van der Waals surface area contributed by atoms with Crippen molar-refractivity contribution in [3.8, 4) is 23.0 Å². The Bertz CT molecular complexity index is 1120. The standard InChI is InChI=1S/C25H30N2O8/c1-25(2,3)35-24(30)26-13-20(29)27-15-9-7-8-14(10-15)17-11-16(28)21-18(34-17)12-19(31-4)22(32-5)23(21)33-6/h7-10,12,17H,11,13H2,1-6H3,(H,26,30)(H,27,29). The summed E-state index contributed by atoms with van der Waals surface area (Å²) in [6.07, 6.45) is -1.21. The monoisotopic (exact) mass is 486 g/mol. The lowest BCUT2D eigenvalue weighted by atomic mass is 9.95. The van der Waals surface area contributed by atoms with Gasteiger partial charge in [0.2, 0.25) is 11.7 Å². The highest BCUT2D eigenvalue weighted by molar-refractivity contribution is 6.04. The Labute approximate surface area is 203 Å². The van der Waals surface area contributed by atoms with E-state index in [4.69, 9.17) is 23.7 Å². The molecule has 1 heterocycles. The number of benzene rings is 2. The van der Waals surface area contributed by atoms with Gasteiger partial charge in [0.1, 0.15) is 29.6 Å². The largest absolute Gasteiger partial charge is 0.493 e. The molecule has 0 saturated carbocycles. The lowest BCUT2D eigenvalue weighted by Crippen LogP contribution is -2.37. The fourth-order valence-electron chi connectivity index (χ4n) is 3.63. The molecule has 1 aliphatic heterocycles. The molecule has 2 aromatic rings. The number of hydrogen-bond acceptors (Lipinski definition) is 8. The van der Waals surface area contributed by atoms with Crippen LogP contribution in [-0.2, 0) is 9.53 Å². The minimum atomic E-state index is -0.684. The molecule has 0 bridgehead atoms. The Hall–Kier alpha value is -3.95. The van der Waals surface area contributed by atoms with Gasteiger partial charge in [-0.3, -0.25) is 9.59 Å². The topological polar surface area (TPSA) is 121 Å². The van der Waals surface area contributed by atoms with E-state index in [1.165, 1.54) is 21.3 Å². The van der Waals surface area contributed by atoms with Crippen LogP contribution in [0.4, 0.5) is 10.5 Å². The fourth-order valence-corrected chi connectivity index (χ4v) is 3.63. The van der Waals surface area contributed by atoms with E-state index in [-0.39, 0.29) is 24.5 Å². The molecular weight excluding hydrogens is 456 g/mol. The summed E-state index contributed by atoms with van der Waals surface area (Å²) in [6, 6.07) is 8.55. The Balaban J connectivity index is 1.74. The maximum Gasteiger partial charge on any atom is 0.408 e. The number of ketones is 1. The number of rotatable bonds is 7. The van der Waals surface area contributed by atoms with Crippen molar-refractivity contribution < 1.29 is 38.1 Å². The van der Waals surface area contributed by atoms with E-state index in [2.05, 4.69) is 10.6 Å². The number of methoxy groups -OCH3 is 3. The third-order valence-corrected chi connectivity index (χ3v) is 5.05. The summed E-state index contributed by atoms with van der Waals surface area (Å²) < 4.78 is 27.4. The zero-order valence-corrected chi connectivity index (χ0v) is 20.6. The van der Waals surface area contributed by atoms with Crippen molar-refractivity contribution in [3.63, 3.8) is 0 Å². The van der Waals surface area contributed by atoms with E-state index in [1.54, 1.807) is 51.1 Å². The highest BCUT2D eigenvalue weighted by Crippen LogP contribution is 2.49. The molecule has 1 unspecified atom stereocenters. The average Bonchev–Trinajstić information content (AvgIpc) is 2.80. The quantitative estimate of drug-likeness (QED) is 0.605. The van der Waals surface area contributed by atoms with Crippen LogP contribution in [0.5, 0.6) is 23.0 Å². The van der Waals surface area contributed by atoms with E-state index in [0.717, 1.165) is 0 Å². The highest BCUT2D eigenvalue weighted by atomic mass is 16.6. The number of alkyl carbamates (subject to hydrolysis) is 1. The van der Waals surface area contributed by atoms with E-state index in [0.29, 0.717) is 34.1 Å². The number of Topliss-reactive ketones (excluding diaryl/α,β-unsaturated/α-hetero) is 1. The van der Waals surface area contributed by atoms with Crippen LogP contribution in [0.15, 0.2) is 30.3 Å². The minimum Gasteiger partial charge on any atom is -0.493 e. The van der Waals surface area contributed by atoms with Gasteiger partial charge in [-0.2, -0.15) is 0 Å². The Morgan fingerprint density at radius 1 is 1.06 bits per heavy atom. The number of ether oxygens (including phenoxy) is 5. The lowest BCUT2D eigenvalue weighted by molar-refractivity contribution is -0.115. The van der Waals surface area contributed by atoms with Crippen LogP contribution >= 0.6 is 0 Å². The summed E-state index contributed by atoms with van der Waals surface area (Å²) in [5, 5.41) is 5.12. The molecule has 188 valence electrons. The number of nitrogens with one attached hydrogen (secondary N) is 2. The molecular formula is C25H30N2O8. The number of carbonyl (C=O) groups excluding carboxylic acids is 3. The molecule has 0 saturated heterocycles. The second-order valence-electron chi connectivity index (χ2n) is 8.78. The third kappa shape index (κ3) is 6.14. The molecule has 3 rings (SSSR count). The van der Waals surface area contributed by atoms with Crippen molar-refractivity contribution in [1.82, 2.24) is 5.32 Å². The van der Waals surface area contributed by atoms with Gasteiger partial charge in [0.15, 0.2) is 17.3 Å². The van der Waals surface area contributed by atoms with Crippen LogP contribution in [0.3, 0.4) is 0 Å². The van der Waals surface area contributed by atoms with Crippen LogP contribution in [0.2, 0.25) is 0 Å². The maximum atomic E-state index is 13.0. The van der Waals surface area contributed by atoms with Crippen molar-refractivity contribution >= 4 is 23.5 Å². The Kier molecular flexibility index (Phi) is 7.73. The molecule has 10 heteroatoms. The molecule has 0 aromatic heterocycles. The van der Waals surface area contributed by atoms with Crippen LogP contribution in [0.25, 0.3) is 0 Å². The average molecular weight is 487 g/mol. The van der Waals surface area contributed by atoms with E-state index in [9.17, 15) is 14.4 Å². The van der Waals surface area contributed by atoms with Crippen LogP contribution in [0.1, 0.15) is 49.2 Å². The normalized spacial score (nSPS) is 14.8. The van der Waals surface area contributed by atoms with Gasteiger partial charge >= 0.3 is 6.09 Å². The van der Waals surface area contributed by atoms with Gasteiger partial charge < -0.3 is 34.3 Å². The number of fused-ring (bicyclic) bond motifs is 1. The molecule has 2 aromatic carbocycles. The maximum absolute atomic E-state index is 13.0. The van der Waals surface area contributed by atoms with Gasteiger partial charge in [-0.25, -0.2) is 4.79 Å². The van der Waals surface area contributed by atoms with E-state index in [1.807, 2.05) is 0 Å². The first-order valence-corrected chi connectivity index (χ1v) is 11.0. The molecule has 0 spiro atoms. The van der Waals surface area contributed by atoms with Crippen molar-refractivity contribution in [2.24, 2.45) is 0 Å². The van der Waals surface area contributed by atoms with Gasteiger partial charge in [-0.05, 0) is 38.5 Å². The van der Waals surface area contributed by atoms with Gasteiger partial charge in [0.05, 0.1) is 27.8 Å². The zero-order valence-electron chi connectivity index (χ0n) is 20.6. The highest BCUT2D eigenvalue weighted by Gasteiger charge is 2.34. The summed E-state index contributed by atoms with van der Waals surface area (Å²) in [4.78, 5) is 37.1. The van der Waals surface area contributed by atoms with Crippen LogP contribution < -0.4 is 29.6 Å². The number of anilines is 1. The first-order chi connectivity index (χ1) is 16.6. The smallest absolute Gasteiger partial charge is 0.408 e. The van der Waals surface area contributed by atoms with Crippen LogP contribution in [0, 0.1) is 0 Å². The summed E-state index contributed by atoms with van der Waals surface area (Å²) in [5.41, 5.74) is 0.810. The Morgan fingerprint density at radius 2 is 1.77 bits per heavy atom. The molecule has 0 radical (unpaired) electrons. The second-order valence-corrected chi connectivity index (χ2v) is 8.78.